The van der Waals surface area contributed by atoms with E-state index in [0.29, 0.717) is 18.1 Å². The first-order chi connectivity index (χ1) is 13.7. The van der Waals surface area contributed by atoms with Gasteiger partial charge in [0, 0.05) is 28.5 Å². The highest BCUT2D eigenvalue weighted by Crippen LogP contribution is 2.44. The lowest BCUT2D eigenvalue weighted by Crippen LogP contribution is -2.26. The fourth-order valence-electron chi connectivity index (χ4n) is 3.90. The molecule has 3 heterocycles. The summed E-state index contributed by atoms with van der Waals surface area (Å²) in [7, 11) is 1.63. The summed E-state index contributed by atoms with van der Waals surface area (Å²) in [4.78, 5) is 14.5. The van der Waals surface area contributed by atoms with Crippen molar-refractivity contribution in [3.63, 3.8) is 0 Å². The molecule has 8 heteroatoms. The molecule has 2 aromatic heterocycles. The number of benzene rings is 1. The first kappa shape index (κ1) is 17.0. The van der Waals surface area contributed by atoms with E-state index in [9.17, 15) is 4.79 Å². The quantitative estimate of drug-likeness (QED) is 0.691. The van der Waals surface area contributed by atoms with Gasteiger partial charge in [0.2, 0.25) is 11.6 Å². The van der Waals surface area contributed by atoms with E-state index in [1.165, 1.54) is 4.88 Å². The van der Waals surface area contributed by atoms with Gasteiger partial charge in [-0.15, -0.1) is 11.3 Å². The molecule has 2 aliphatic rings. The van der Waals surface area contributed by atoms with Gasteiger partial charge in [0.05, 0.1) is 13.2 Å². The Bertz CT molecular complexity index is 1060. The number of carbonyl (C=O) groups excluding carboxylic acids is 1. The Labute approximate surface area is 165 Å². The summed E-state index contributed by atoms with van der Waals surface area (Å²) in [6, 6.07) is 11.5. The number of aromatic nitrogens is 2. The second kappa shape index (κ2) is 6.79. The number of anilines is 2. The highest BCUT2D eigenvalue weighted by molar-refractivity contribution is 7.10. The molecule has 1 aliphatic carbocycles. The molecule has 1 aliphatic heterocycles. The summed E-state index contributed by atoms with van der Waals surface area (Å²) in [5.41, 5.74) is 2.51. The average molecular weight is 394 g/mol. The maximum Gasteiger partial charge on any atom is 0.219 e. The molecule has 28 heavy (non-hydrogen) atoms. The number of ketones is 1. The van der Waals surface area contributed by atoms with Crippen molar-refractivity contribution in [1.82, 2.24) is 10.3 Å². The summed E-state index contributed by atoms with van der Waals surface area (Å²) in [5.74, 6) is 2.00. The summed E-state index contributed by atoms with van der Waals surface area (Å²) in [6.07, 6.45) is 1.22. The molecule has 0 unspecified atom stereocenters. The predicted molar refractivity (Wildman–Crippen MR) is 106 cm³/mol. The number of hydrogen-bond acceptors (Lipinski definition) is 8. The zero-order valence-electron chi connectivity index (χ0n) is 15.1. The van der Waals surface area contributed by atoms with Crippen LogP contribution in [-0.2, 0) is 4.79 Å². The minimum atomic E-state index is -0.359. The normalized spacial score (nSPS) is 21.2. The fourth-order valence-corrected chi connectivity index (χ4v) is 4.73. The van der Waals surface area contributed by atoms with Crippen molar-refractivity contribution >= 4 is 28.8 Å². The standard InChI is InChI=1S/C20H18N4O3S/c1-26-13-5-2-4-11(8-13)18-17-14(21-19-20(22-18)24-27-23-19)9-12(10-15(17)25)16-6-3-7-28-16/h2-8,12,18H,9-10H2,1H3,(H,21,23)(H,22,24)/t12-,18+/m0/s1. The van der Waals surface area contributed by atoms with E-state index in [4.69, 9.17) is 9.37 Å². The first-order valence-corrected chi connectivity index (χ1v) is 9.90. The number of thiophene rings is 1. The lowest BCUT2D eigenvalue weighted by molar-refractivity contribution is -0.116. The number of hydrogen-bond donors (Lipinski definition) is 2. The van der Waals surface area contributed by atoms with E-state index in [0.717, 1.165) is 29.0 Å². The Kier molecular flexibility index (Phi) is 4.12. The number of nitrogens with one attached hydrogen (secondary N) is 2. The molecule has 2 atom stereocenters. The van der Waals surface area contributed by atoms with Gasteiger partial charge in [-0.05, 0) is 45.9 Å². The third kappa shape index (κ3) is 2.86. The molecule has 142 valence electrons. The van der Waals surface area contributed by atoms with Gasteiger partial charge in [-0.2, -0.15) is 0 Å². The number of ether oxygens (including phenoxy) is 1. The number of Topliss-reactive ketones (excluding diaryl/α,β-unsaturated/α-hetero) is 1. The predicted octanol–water partition coefficient (Wildman–Crippen LogP) is 4.12. The summed E-state index contributed by atoms with van der Waals surface area (Å²) in [6.45, 7) is 0. The minimum Gasteiger partial charge on any atom is -0.497 e. The Morgan fingerprint density at radius 3 is 2.89 bits per heavy atom. The topological polar surface area (TPSA) is 89.3 Å². The molecule has 1 aromatic carbocycles. The number of allylic oxidation sites excluding steroid dienone is 1. The first-order valence-electron chi connectivity index (χ1n) is 9.02. The minimum absolute atomic E-state index is 0.120. The van der Waals surface area contributed by atoms with Crippen LogP contribution in [0.4, 0.5) is 11.6 Å². The molecule has 0 saturated carbocycles. The fraction of sp³-hybridized carbons (Fsp3) is 0.250. The van der Waals surface area contributed by atoms with E-state index in [2.05, 4.69) is 27.0 Å². The van der Waals surface area contributed by atoms with E-state index < -0.39 is 0 Å². The maximum atomic E-state index is 13.3. The Morgan fingerprint density at radius 1 is 1.18 bits per heavy atom. The summed E-state index contributed by atoms with van der Waals surface area (Å²) >= 11 is 1.68. The Hall–Kier alpha value is -3.13. The van der Waals surface area contributed by atoms with Gasteiger partial charge in [0.1, 0.15) is 5.75 Å². The van der Waals surface area contributed by atoms with Gasteiger partial charge >= 0.3 is 0 Å². The van der Waals surface area contributed by atoms with Crippen LogP contribution in [0.3, 0.4) is 0 Å². The molecule has 0 amide bonds. The molecule has 7 nitrogen and oxygen atoms in total. The Morgan fingerprint density at radius 2 is 2.07 bits per heavy atom. The molecule has 0 saturated heterocycles. The van der Waals surface area contributed by atoms with Crippen molar-refractivity contribution in [2.75, 3.05) is 17.7 Å². The third-order valence-corrected chi connectivity index (χ3v) is 6.24. The number of nitrogens with zero attached hydrogens (tertiary/aromatic N) is 2. The van der Waals surface area contributed by atoms with E-state index in [1.807, 2.05) is 35.7 Å². The van der Waals surface area contributed by atoms with Gasteiger partial charge in [-0.1, -0.05) is 18.2 Å². The van der Waals surface area contributed by atoms with E-state index in [-0.39, 0.29) is 17.7 Å². The second-order valence-corrected chi connectivity index (χ2v) is 7.86. The number of carbonyl (C=O) groups is 1. The smallest absolute Gasteiger partial charge is 0.219 e. The summed E-state index contributed by atoms with van der Waals surface area (Å²) < 4.78 is 10.3. The highest BCUT2D eigenvalue weighted by Gasteiger charge is 2.37. The number of rotatable bonds is 3. The zero-order chi connectivity index (χ0) is 19.1. The lowest BCUT2D eigenvalue weighted by Gasteiger charge is -2.29. The molecule has 0 spiro atoms. The third-order valence-electron chi connectivity index (χ3n) is 5.21. The van der Waals surface area contributed by atoms with Crippen LogP contribution in [-0.4, -0.2) is 23.2 Å². The molecular formula is C20H18N4O3S. The van der Waals surface area contributed by atoms with Crippen LogP contribution < -0.4 is 15.4 Å². The number of methoxy groups -OCH3 is 1. The van der Waals surface area contributed by atoms with Crippen molar-refractivity contribution in [3.05, 3.63) is 63.5 Å². The molecule has 0 bridgehead atoms. The molecular weight excluding hydrogens is 376 g/mol. The van der Waals surface area contributed by atoms with Gasteiger partial charge in [0.25, 0.3) is 0 Å². The van der Waals surface area contributed by atoms with Crippen LogP contribution in [0, 0.1) is 0 Å². The van der Waals surface area contributed by atoms with Crippen molar-refractivity contribution in [3.8, 4) is 5.75 Å². The van der Waals surface area contributed by atoms with Crippen molar-refractivity contribution in [1.29, 1.82) is 0 Å². The molecule has 3 aromatic rings. The molecule has 0 radical (unpaired) electrons. The number of fused-ring (bicyclic) bond motifs is 1. The van der Waals surface area contributed by atoms with Crippen LogP contribution in [0.5, 0.6) is 5.75 Å². The van der Waals surface area contributed by atoms with Crippen LogP contribution in [0.1, 0.15) is 35.2 Å². The van der Waals surface area contributed by atoms with Crippen LogP contribution in [0.2, 0.25) is 0 Å². The van der Waals surface area contributed by atoms with E-state index >= 15 is 0 Å². The lowest BCUT2D eigenvalue weighted by atomic mass is 9.81. The van der Waals surface area contributed by atoms with Crippen LogP contribution >= 0.6 is 11.3 Å². The van der Waals surface area contributed by atoms with Gasteiger partial charge in [-0.25, -0.2) is 4.63 Å². The van der Waals surface area contributed by atoms with Crippen LogP contribution in [0.25, 0.3) is 0 Å². The Balaban J connectivity index is 1.61. The van der Waals surface area contributed by atoms with Crippen molar-refractivity contribution < 1.29 is 14.2 Å². The summed E-state index contributed by atoms with van der Waals surface area (Å²) in [5, 5.41) is 16.6. The van der Waals surface area contributed by atoms with E-state index in [1.54, 1.807) is 18.4 Å². The molecule has 0 fully saturated rings. The van der Waals surface area contributed by atoms with Crippen LogP contribution in [0.15, 0.2) is 57.7 Å². The monoisotopic (exact) mass is 394 g/mol. The largest absolute Gasteiger partial charge is 0.497 e. The van der Waals surface area contributed by atoms with Gasteiger partial charge in [0.15, 0.2) is 5.78 Å². The SMILES string of the molecule is COc1cccc([C@H]2Nc3nonc3NC3=C2C(=O)C[C@@H](c2cccs2)C3)c1. The van der Waals surface area contributed by atoms with Gasteiger partial charge in [-0.3, -0.25) is 4.79 Å². The molecule has 5 rings (SSSR count). The zero-order valence-corrected chi connectivity index (χ0v) is 16.0. The average Bonchev–Trinajstić information content (AvgIpc) is 3.37. The second-order valence-electron chi connectivity index (χ2n) is 6.88. The maximum absolute atomic E-state index is 13.3. The van der Waals surface area contributed by atoms with Crippen molar-refractivity contribution in [2.24, 2.45) is 0 Å². The highest BCUT2D eigenvalue weighted by atomic mass is 32.1. The van der Waals surface area contributed by atoms with Crippen molar-refractivity contribution in [2.45, 2.75) is 24.8 Å². The molecule has 2 N–H and O–H groups in total. The van der Waals surface area contributed by atoms with Gasteiger partial charge < -0.3 is 15.4 Å².